The first-order valence-electron chi connectivity index (χ1n) is 6.70. The summed E-state index contributed by atoms with van der Waals surface area (Å²) in [4.78, 5) is 0. The number of hydrogen-bond acceptors (Lipinski definition) is 0. The molecule has 0 N–H and O–H groups in total. The van der Waals surface area contributed by atoms with E-state index in [1.54, 1.807) is 0 Å². The van der Waals surface area contributed by atoms with E-state index in [1.165, 1.54) is 0 Å². The van der Waals surface area contributed by atoms with Gasteiger partial charge < -0.3 is 0 Å². The van der Waals surface area contributed by atoms with Gasteiger partial charge in [-0.3, -0.25) is 0 Å². The predicted molar refractivity (Wildman–Crippen MR) is 55.0 cm³/mol. The minimum Gasteiger partial charge on any atom is -0.0619 e. The number of rotatable bonds is 2. The fraction of sp³-hybridized carbons (Fsp3) is 0.0769. The van der Waals surface area contributed by atoms with Crippen LogP contribution in [0, 0.1) is 14.1 Å². The van der Waals surface area contributed by atoms with Crippen LogP contribution in [0.2, 0.25) is 0 Å². The molecule has 0 aliphatic rings. The van der Waals surface area contributed by atoms with Gasteiger partial charge >= 0.3 is 21.2 Å². The van der Waals surface area contributed by atoms with Crippen LogP contribution in [0.15, 0.2) is 54.5 Å². The molecule has 0 heterocycles. The molecule has 0 aromatic heterocycles. The molecular formula is C13H12I+. The lowest BCUT2D eigenvalue weighted by molar-refractivity contribution is -0.597. The Morgan fingerprint density at radius 1 is 0.929 bits per heavy atom. The van der Waals surface area contributed by atoms with Crippen molar-refractivity contribution in [1.29, 1.82) is 0 Å². The molecule has 70 valence electrons. The Labute approximate surface area is 102 Å². The molecule has 0 bridgehead atoms. The van der Waals surface area contributed by atoms with Crippen molar-refractivity contribution in [2.45, 2.75) is 6.92 Å². The van der Waals surface area contributed by atoms with E-state index < -0.39 is 21.2 Å². The molecular weight excluding hydrogens is 283 g/mol. The molecule has 0 nitrogen and oxygen atoms in total. The quantitative estimate of drug-likeness (QED) is 0.692. The van der Waals surface area contributed by atoms with E-state index in [-0.39, 0.29) is 30.2 Å². The summed E-state index contributed by atoms with van der Waals surface area (Å²) in [6.07, 6.45) is 0. The first-order valence-corrected chi connectivity index (χ1v) is 6.36. The van der Waals surface area contributed by atoms with Gasteiger partial charge in [-0.05, 0) is 31.1 Å². The molecule has 2 aromatic carbocycles. The standard InChI is InChI=1S/C13H12I/c1-11-7-9-13(10-8-11)14-12-5-3-2-4-6-12/h2-10H,1H3/q+1/i2T,3T,4T,5T,6T. The van der Waals surface area contributed by atoms with Gasteiger partial charge in [0.05, 0.1) is 6.85 Å². The van der Waals surface area contributed by atoms with Crippen LogP contribution >= 0.6 is 0 Å². The first kappa shape index (κ1) is 5.31. The lowest BCUT2D eigenvalue weighted by Crippen LogP contribution is -3.61. The van der Waals surface area contributed by atoms with Gasteiger partial charge in [0.1, 0.15) is 0 Å². The van der Waals surface area contributed by atoms with Gasteiger partial charge in [-0.1, -0.05) is 35.8 Å². The highest BCUT2D eigenvalue weighted by Gasteiger charge is 2.13. The maximum atomic E-state index is 7.88. The molecule has 0 saturated carbocycles. The zero-order valence-electron chi connectivity index (χ0n) is 12.7. The van der Waals surface area contributed by atoms with Crippen LogP contribution < -0.4 is 21.2 Å². The third-order valence-electron chi connectivity index (χ3n) is 1.68. The fourth-order valence-corrected chi connectivity index (χ4v) is 2.87. The second-order valence-corrected chi connectivity index (χ2v) is 5.69. The maximum Gasteiger partial charge on any atom is 0.357 e. The van der Waals surface area contributed by atoms with Crippen LogP contribution in [0.4, 0.5) is 0 Å². The maximum absolute atomic E-state index is 7.88. The number of halogens is 1. The second-order valence-electron chi connectivity index (χ2n) is 2.83. The molecule has 2 rings (SSSR count). The average Bonchev–Trinajstić information content (AvgIpc) is 2.41. The van der Waals surface area contributed by atoms with Gasteiger partial charge in [-0.2, -0.15) is 0 Å². The zero-order chi connectivity index (χ0) is 14.2. The lowest BCUT2D eigenvalue weighted by atomic mass is 10.2. The topological polar surface area (TPSA) is 0 Å². The Hall–Kier alpha value is -0.830. The summed E-state index contributed by atoms with van der Waals surface area (Å²) in [6.45, 7) is 1.99. The Balaban J connectivity index is 2.48. The Morgan fingerprint density at radius 3 is 2.21 bits per heavy atom. The molecule has 1 heteroatoms. The SMILES string of the molecule is [3H]c1c([3H])c([3H])c([I+]c2ccc(C)cc2)c([3H])c1[3H]. The number of hydrogen-bond donors (Lipinski definition) is 0. The van der Waals surface area contributed by atoms with Crippen LogP contribution in [-0.4, -0.2) is 0 Å². The van der Waals surface area contributed by atoms with Crippen LogP contribution in [0.25, 0.3) is 0 Å². The van der Waals surface area contributed by atoms with Crippen LogP contribution in [0.5, 0.6) is 0 Å². The normalized spacial score (nSPS) is 15.1. The van der Waals surface area contributed by atoms with Gasteiger partial charge in [0.2, 0.25) is 0 Å². The van der Waals surface area contributed by atoms with Crippen LogP contribution in [0.1, 0.15) is 12.4 Å². The summed E-state index contributed by atoms with van der Waals surface area (Å²) in [5.74, 6) is 0. The molecule has 2 aromatic rings. The van der Waals surface area contributed by atoms with Gasteiger partial charge in [0, 0.05) is 0 Å². The molecule has 0 aliphatic carbocycles. The number of benzene rings is 2. The third kappa shape index (κ3) is 2.58. The molecule has 0 aliphatic heterocycles. The zero-order valence-corrected chi connectivity index (χ0v) is 9.84. The van der Waals surface area contributed by atoms with Gasteiger partial charge in [-0.25, -0.2) is 0 Å². The van der Waals surface area contributed by atoms with Crippen molar-refractivity contribution in [2.75, 3.05) is 0 Å². The minimum absolute atomic E-state index is 0.0700. The monoisotopic (exact) mass is 305 g/mol. The van der Waals surface area contributed by atoms with E-state index in [0.29, 0.717) is 3.57 Å². The molecule has 0 saturated heterocycles. The number of aryl methyl sites for hydroxylation is 1. The summed E-state index contributed by atoms with van der Waals surface area (Å²) in [5.41, 5.74) is 1.15. The van der Waals surface area contributed by atoms with Crippen molar-refractivity contribution in [3.05, 3.63) is 67.2 Å². The van der Waals surface area contributed by atoms with Crippen molar-refractivity contribution < 1.29 is 28.1 Å². The first-order chi connectivity index (χ1) is 8.91. The van der Waals surface area contributed by atoms with E-state index in [4.69, 9.17) is 6.85 Å². The largest absolute Gasteiger partial charge is 0.357 e. The smallest absolute Gasteiger partial charge is 0.0619 e. The summed E-state index contributed by atoms with van der Waals surface area (Å²) in [6, 6.07) is 6.91. The van der Waals surface area contributed by atoms with Crippen molar-refractivity contribution in [1.82, 2.24) is 0 Å². The van der Waals surface area contributed by atoms with Crippen LogP contribution in [0.3, 0.4) is 0 Å². The van der Waals surface area contributed by atoms with Gasteiger partial charge in [0.15, 0.2) is 7.14 Å². The highest BCUT2D eigenvalue weighted by atomic mass is 127. The predicted octanol–water partition coefficient (Wildman–Crippen LogP) is 0.123. The van der Waals surface area contributed by atoms with Crippen molar-refractivity contribution in [3.63, 3.8) is 0 Å². The minimum atomic E-state index is -0.772. The third-order valence-corrected chi connectivity index (χ3v) is 4.10. The molecule has 14 heavy (non-hydrogen) atoms. The average molecular weight is 305 g/mol. The molecule has 0 fully saturated rings. The Bertz CT molecular complexity index is 593. The van der Waals surface area contributed by atoms with Gasteiger partial charge in [-0.15, -0.1) is 0 Å². The summed E-state index contributed by atoms with van der Waals surface area (Å²) in [5, 5.41) is 0. The van der Waals surface area contributed by atoms with Gasteiger partial charge in [0.25, 0.3) is 0 Å². The van der Waals surface area contributed by atoms with Crippen molar-refractivity contribution in [3.8, 4) is 0 Å². The van der Waals surface area contributed by atoms with Crippen LogP contribution in [-0.2, 0) is 0 Å². The Morgan fingerprint density at radius 2 is 1.57 bits per heavy atom. The fourth-order valence-electron chi connectivity index (χ4n) is 0.987. The molecule has 0 radical (unpaired) electrons. The molecule has 0 atom stereocenters. The molecule has 0 unspecified atom stereocenters. The van der Waals surface area contributed by atoms with E-state index >= 15 is 0 Å². The summed E-state index contributed by atoms with van der Waals surface area (Å²) >= 11 is -0.772. The van der Waals surface area contributed by atoms with E-state index in [2.05, 4.69) is 0 Å². The summed E-state index contributed by atoms with van der Waals surface area (Å²) < 4.78 is 40.1. The summed E-state index contributed by atoms with van der Waals surface area (Å²) in [7, 11) is 0. The van der Waals surface area contributed by atoms with E-state index in [9.17, 15) is 0 Å². The highest BCUT2D eigenvalue weighted by Crippen LogP contribution is 1.93. The highest BCUT2D eigenvalue weighted by molar-refractivity contribution is 5.12. The molecule has 0 amide bonds. The van der Waals surface area contributed by atoms with Crippen molar-refractivity contribution >= 4 is 0 Å². The van der Waals surface area contributed by atoms with E-state index in [1.807, 2.05) is 31.2 Å². The Kier molecular flexibility index (Phi) is 1.74. The van der Waals surface area contributed by atoms with E-state index in [0.717, 1.165) is 9.13 Å². The van der Waals surface area contributed by atoms with Crippen molar-refractivity contribution in [2.24, 2.45) is 0 Å². The molecule has 0 spiro atoms. The lowest BCUT2D eigenvalue weighted by Gasteiger charge is -1.88. The second kappa shape index (κ2) is 4.60.